The summed E-state index contributed by atoms with van der Waals surface area (Å²) in [5.74, 6) is -0.00856. The van der Waals surface area contributed by atoms with Crippen molar-refractivity contribution in [2.45, 2.75) is 38.1 Å². The van der Waals surface area contributed by atoms with E-state index >= 15 is 0 Å². The van der Waals surface area contributed by atoms with Gasteiger partial charge in [-0.2, -0.15) is 0 Å². The molecule has 3 rings (SSSR count). The molecule has 2 heterocycles. The van der Waals surface area contributed by atoms with Crippen LogP contribution >= 0.6 is 12.2 Å². The molecule has 104 valence electrons. The molecule has 0 bridgehead atoms. The normalized spacial score (nSPS) is 22.4. The van der Waals surface area contributed by atoms with Gasteiger partial charge in [-0.25, -0.2) is 0 Å². The van der Waals surface area contributed by atoms with Crippen LogP contribution in [0.4, 0.5) is 0 Å². The fourth-order valence-corrected chi connectivity index (χ4v) is 3.19. The third-order valence-electron chi connectivity index (χ3n) is 3.84. The van der Waals surface area contributed by atoms with Crippen molar-refractivity contribution in [3.63, 3.8) is 0 Å². The van der Waals surface area contributed by atoms with Crippen LogP contribution in [0.15, 0.2) is 30.2 Å². The molecule has 4 nitrogen and oxygen atoms in total. The van der Waals surface area contributed by atoms with Gasteiger partial charge >= 0.3 is 0 Å². The fraction of sp³-hybridized carbons (Fsp3) is 0.400. The monoisotopic (exact) mass is 287 g/mol. The van der Waals surface area contributed by atoms with E-state index in [4.69, 9.17) is 12.2 Å². The molecule has 5 heteroatoms. The Labute approximate surface area is 123 Å². The van der Waals surface area contributed by atoms with E-state index in [9.17, 15) is 4.79 Å². The van der Waals surface area contributed by atoms with Crippen molar-refractivity contribution in [1.82, 2.24) is 15.2 Å². The molecule has 2 fully saturated rings. The molecule has 0 aromatic carbocycles. The summed E-state index contributed by atoms with van der Waals surface area (Å²) < 4.78 is 0. The molecule has 1 aliphatic carbocycles. The number of nitrogens with zero attached hydrogens (tertiary/aromatic N) is 2. The van der Waals surface area contributed by atoms with Gasteiger partial charge in [0.05, 0.1) is 0 Å². The Hall–Kier alpha value is -1.75. The van der Waals surface area contributed by atoms with E-state index in [2.05, 4.69) is 10.3 Å². The van der Waals surface area contributed by atoms with Crippen molar-refractivity contribution in [2.24, 2.45) is 0 Å². The van der Waals surface area contributed by atoms with Crippen LogP contribution in [0.25, 0.3) is 6.08 Å². The van der Waals surface area contributed by atoms with Crippen LogP contribution in [-0.2, 0) is 4.79 Å². The van der Waals surface area contributed by atoms with Gasteiger partial charge in [-0.15, -0.1) is 0 Å². The van der Waals surface area contributed by atoms with Crippen LogP contribution in [0.3, 0.4) is 0 Å². The molecule has 20 heavy (non-hydrogen) atoms. The Bertz CT molecular complexity index is 549. The van der Waals surface area contributed by atoms with E-state index in [0.29, 0.717) is 10.8 Å². The zero-order valence-electron chi connectivity index (χ0n) is 11.2. The number of carbonyl (C=O) groups is 1. The summed E-state index contributed by atoms with van der Waals surface area (Å²) in [5, 5.41) is 3.58. The maximum Gasteiger partial charge on any atom is 0.276 e. The van der Waals surface area contributed by atoms with Gasteiger partial charge in [0, 0.05) is 18.4 Å². The van der Waals surface area contributed by atoms with Gasteiger partial charge in [-0.3, -0.25) is 14.7 Å². The summed E-state index contributed by atoms with van der Waals surface area (Å²) in [5.41, 5.74) is 1.45. The molecule has 1 aromatic heterocycles. The van der Waals surface area contributed by atoms with E-state index in [0.717, 1.165) is 18.4 Å². The van der Waals surface area contributed by atoms with Crippen molar-refractivity contribution in [1.29, 1.82) is 0 Å². The van der Waals surface area contributed by atoms with Crippen molar-refractivity contribution >= 4 is 29.3 Å². The molecule has 1 amide bonds. The van der Waals surface area contributed by atoms with Crippen molar-refractivity contribution in [3.8, 4) is 0 Å². The van der Waals surface area contributed by atoms with Crippen LogP contribution in [0.2, 0.25) is 0 Å². The number of hydrogen-bond acceptors (Lipinski definition) is 3. The van der Waals surface area contributed by atoms with Crippen LogP contribution in [0.1, 0.15) is 37.7 Å². The van der Waals surface area contributed by atoms with Gasteiger partial charge < -0.3 is 5.32 Å². The Morgan fingerprint density at radius 2 is 2.15 bits per heavy atom. The number of pyridine rings is 1. The van der Waals surface area contributed by atoms with Gasteiger partial charge in [0.2, 0.25) is 0 Å². The molecule has 2 aliphatic rings. The smallest absolute Gasteiger partial charge is 0.276 e. The second-order valence-corrected chi connectivity index (χ2v) is 5.63. The second kappa shape index (κ2) is 5.71. The van der Waals surface area contributed by atoms with Crippen molar-refractivity contribution in [3.05, 3.63) is 35.8 Å². The van der Waals surface area contributed by atoms with Gasteiger partial charge in [-0.05, 0) is 42.8 Å². The number of amides is 1. The highest BCUT2D eigenvalue weighted by Crippen LogP contribution is 2.26. The summed E-state index contributed by atoms with van der Waals surface area (Å²) in [4.78, 5) is 18.3. The van der Waals surface area contributed by atoms with E-state index < -0.39 is 0 Å². The first-order valence-corrected chi connectivity index (χ1v) is 7.43. The Morgan fingerprint density at radius 3 is 2.85 bits per heavy atom. The molecule has 1 N–H and O–H groups in total. The third-order valence-corrected chi connectivity index (χ3v) is 4.14. The van der Waals surface area contributed by atoms with Crippen molar-refractivity contribution in [2.75, 3.05) is 0 Å². The average molecular weight is 287 g/mol. The molecular formula is C15H17N3OS. The molecule has 0 spiro atoms. The molecule has 0 radical (unpaired) electrons. The zero-order valence-corrected chi connectivity index (χ0v) is 12.0. The standard InChI is InChI=1S/C15H17N3OS/c19-14-13(9-11-5-4-8-16-10-11)17-15(20)18(14)12-6-2-1-3-7-12/h4-5,8-10,12H,1-3,6-7H2,(H,17,20). The zero-order chi connectivity index (χ0) is 13.9. The fourth-order valence-electron chi connectivity index (χ4n) is 2.85. The highest BCUT2D eigenvalue weighted by Gasteiger charge is 2.36. The minimum absolute atomic E-state index is 0.00856. The summed E-state index contributed by atoms with van der Waals surface area (Å²) in [6, 6.07) is 4.03. The summed E-state index contributed by atoms with van der Waals surface area (Å²) in [6.45, 7) is 0. The number of rotatable bonds is 2. The minimum atomic E-state index is -0.00856. The third kappa shape index (κ3) is 2.58. The molecule has 0 atom stereocenters. The van der Waals surface area contributed by atoms with Gasteiger partial charge in [0.15, 0.2) is 5.11 Å². The Morgan fingerprint density at radius 1 is 1.35 bits per heavy atom. The van der Waals surface area contributed by atoms with Crippen LogP contribution < -0.4 is 5.32 Å². The lowest BCUT2D eigenvalue weighted by molar-refractivity contribution is -0.124. The van der Waals surface area contributed by atoms with Crippen molar-refractivity contribution < 1.29 is 4.79 Å². The maximum absolute atomic E-state index is 12.5. The predicted octanol–water partition coefficient (Wildman–Crippen LogP) is 2.47. The van der Waals surface area contributed by atoms with E-state index in [1.807, 2.05) is 18.2 Å². The Kier molecular flexibility index (Phi) is 3.78. The lowest BCUT2D eigenvalue weighted by Gasteiger charge is -2.29. The lowest BCUT2D eigenvalue weighted by atomic mass is 9.94. The first kappa shape index (κ1) is 13.2. The number of carbonyl (C=O) groups excluding carboxylic acids is 1. The minimum Gasteiger partial charge on any atom is -0.328 e. The predicted molar refractivity (Wildman–Crippen MR) is 81.7 cm³/mol. The second-order valence-electron chi connectivity index (χ2n) is 5.24. The summed E-state index contributed by atoms with van der Waals surface area (Å²) in [7, 11) is 0. The largest absolute Gasteiger partial charge is 0.328 e. The lowest BCUT2D eigenvalue weighted by Crippen LogP contribution is -2.41. The topological polar surface area (TPSA) is 45.2 Å². The van der Waals surface area contributed by atoms with Crippen LogP contribution in [0, 0.1) is 0 Å². The van der Waals surface area contributed by atoms with Crippen LogP contribution in [0.5, 0.6) is 0 Å². The SMILES string of the molecule is O=C1C(=Cc2cccnc2)NC(=S)N1C1CCCCC1. The molecule has 0 unspecified atom stereocenters. The molecule has 1 aliphatic heterocycles. The summed E-state index contributed by atoms with van der Waals surface area (Å²) in [6.07, 6.45) is 11.0. The molecule has 1 saturated carbocycles. The van der Waals surface area contributed by atoms with E-state index in [-0.39, 0.29) is 11.9 Å². The highest BCUT2D eigenvalue weighted by molar-refractivity contribution is 7.80. The average Bonchev–Trinajstić information content (AvgIpc) is 2.75. The number of aromatic nitrogens is 1. The van der Waals surface area contributed by atoms with Gasteiger partial charge in [-0.1, -0.05) is 25.3 Å². The van der Waals surface area contributed by atoms with Gasteiger partial charge in [0.25, 0.3) is 5.91 Å². The highest BCUT2D eigenvalue weighted by atomic mass is 32.1. The molecule has 1 aromatic rings. The molecular weight excluding hydrogens is 270 g/mol. The number of nitrogens with one attached hydrogen (secondary N) is 1. The van der Waals surface area contributed by atoms with E-state index in [1.165, 1.54) is 19.3 Å². The van der Waals surface area contributed by atoms with Crippen LogP contribution in [-0.4, -0.2) is 26.9 Å². The first-order valence-electron chi connectivity index (χ1n) is 7.02. The Balaban J connectivity index is 1.81. The first-order chi connectivity index (χ1) is 9.75. The maximum atomic E-state index is 12.5. The number of hydrogen-bond donors (Lipinski definition) is 1. The van der Waals surface area contributed by atoms with Gasteiger partial charge in [0.1, 0.15) is 5.70 Å². The quantitative estimate of drug-likeness (QED) is 0.670. The number of thiocarbonyl (C=S) groups is 1. The van der Waals surface area contributed by atoms with E-state index in [1.54, 1.807) is 17.3 Å². The molecule has 1 saturated heterocycles. The summed E-state index contributed by atoms with van der Waals surface area (Å²) >= 11 is 5.33.